The second-order valence-electron chi connectivity index (χ2n) is 4.98. The number of benzene rings is 2. The highest BCUT2D eigenvalue weighted by Crippen LogP contribution is 2.24. The van der Waals surface area contributed by atoms with Gasteiger partial charge in [0.2, 0.25) is 10.0 Å². The second-order valence-corrected chi connectivity index (χ2v) is 6.75. The first-order chi connectivity index (χ1) is 11.7. The van der Waals surface area contributed by atoms with Crippen LogP contribution in [0.4, 0.5) is 13.2 Å². The molecule has 0 aromatic heterocycles. The van der Waals surface area contributed by atoms with E-state index in [9.17, 15) is 21.6 Å². The lowest BCUT2D eigenvalue weighted by Crippen LogP contribution is -2.26. The van der Waals surface area contributed by atoms with Crippen LogP contribution in [0.25, 0.3) is 0 Å². The standard InChI is InChI=1S/C16H16F3NO4S/c1-23-15-5-3-2-4-12(15)10-11-20-25(21,22)14-8-6-13(7-9-14)24-16(17,18)19/h2-9,20H,10-11H2,1H3. The Morgan fingerprint density at radius 2 is 1.68 bits per heavy atom. The molecule has 0 saturated carbocycles. The molecular formula is C16H16F3NO4S. The van der Waals surface area contributed by atoms with Crippen LogP contribution >= 0.6 is 0 Å². The van der Waals surface area contributed by atoms with Gasteiger partial charge in [-0.1, -0.05) is 18.2 Å². The van der Waals surface area contributed by atoms with Gasteiger partial charge in [0.05, 0.1) is 12.0 Å². The molecule has 5 nitrogen and oxygen atoms in total. The largest absolute Gasteiger partial charge is 0.573 e. The number of methoxy groups -OCH3 is 1. The number of ether oxygens (including phenoxy) is 2. The molecule has 0 aliphatic rings. The molecule has 2 aromatic rings. The number of hydrogen-bond acceptors (Lipinski definition) is 4. The highest BCUT2D eigenvalue weighted by Gasteiger charge is 2.31. The number of halogens is 3. The second kappa shape index (κ2) is 7.75. The summed E-state index contributed by atoms with van der Waals surface area (Å²) < 4.78 is 71.9. The average molecular weight is 375 g/mol. The van der Waals surface area contributed by atoms with Crippen molar-refractivity contribution in [2.45, 2.75) is 17.7 Å². The molecule has 0 fully saturated rings. The Kier molecular flexibility index (Phi) is 5.91. The molecule has 136 valence electrons. The Morgan fingerprint density at radius 3 is 2.28 bits per heavy atom. The van der Waals surface area contributed by atoms with Crippen LogP contribution in [-0.2, 0) is 16.4 Å². The van der Waals surface area contributed by atoms with E-state index in [2.05, 4.69) is 9.46 Å². The van der Waals surface area contributed by atoms with E-state index < -0.39 is 22.1 Å². The summed E-state index contributed by atoms with van der Waals surface area (Å²) >= 11 is 0. The molecule has 1 N–H and O–H groups in total. The highest BCUT2D eigenvalue weighted by molar-refractivity contribution is 7.89. The molecule has 2 rings (SSSR count). The average Bonchev–Trinajstić information content (AvgIpc) is 2.54. The maximum atomic E-state index is 12.2. The predicted molar refractivity (Wildman–Crippen MR) is 85.0 cm³/mol. The Hall–Kier alpha value is -2.26. The van der Waals surface area contributed by atoms with Crippen molar-refractivity contribution in [3.05, 3.63) is 54.1 Å². The molecule has 25 heavy (non-hydrogen) atoms. The molecule has 0 unspecified atom stereocenters. The van der Waals surface area contributed by atoms with Gasteiger partial charge in [0, 0.05) is 6.54 Å². The van der Waals surface area contributed by atoms with E-state index in [1.165, 1.54) is 7.11 Å². The summed E-state index contributed by atoms with van der Waals surface area (Å²) in [7, 11) is -2.32. The van der Waals surface area contributed by atoms with E-state index in [-0.39, 0.29) is 11.4 Å². The summed E-state index contributed by atoms with van der Waals surface area (Å²) in [6, 6.07) is 11.2. The van der Waals surface area contributed by atoms with Crippen LogP contribution in [0, 0.1) is 0 Å². The summed E-state index contributed by atoms with van der Waals surface area (Å²) in [5.41, 5.74) is 0.835. The summed E-state index contributed by atoms with van der Waals surface area (Å²) in [4.78, 5) is -0.151. The van der Waals surface area contributed by atoms with Crippen molar-refractivity contribution in [2.75, 3.05) is 13.7 Å². The van der Waals surface area contributed by atoms with Crippen molar-refractivity contribution >= 4 is 10.0 Å². The van der Waals surface area contributed by atoms with Gasteiger partial charge in [-0.2, -0.15) is 0 Å². The molecule has 0 aliphatic carbocycles. The van der Waals surface area contributed by atoms with Gasteiger partial charge in [-0.15, -0.1) is 13.2 Å². The van der Waals surface area contributed by atoms with Gasteiger partial charge in [-0.25, -0.2) is 13.1 Å². The zero-order chi connectivity index (χ0) is 18.5. The lowest BCUT2D eigenvalue weighted by Gasteiger charge is -2.11. The summed E-state index contributed by atoms with van der Waals surface area (Å²) in [6.07, 6.45) is -4.42. The van der Waals surface area contributed by atoms with Gasteiger partial charge >= 0.3 is 6.36 Å². The minimum atomic E-state index is -4.83. The first-order valence-electron chi connectivity index (χ1n) is 7.18. The third-order valence-corrected chi connectivity index (χ3v) is 4.72. The fourth-order valence-corrected chi connectivity index (χ4v) is 3.17. The first-order valence-corrected chi connectivity index (χ1v) is 8.67. The summed E-state index contributed by atoms with van der Waals surface area (Å²) in [5.74, 6) is 0.163. The zero-order valence-electron chi connectivity index (χ0n) is 13.2. The molecule has 2 aromatic carbocycles. The van der Waals surface area contributed by atoms with Crippen LogP contribution in [0.2, 0.25) is 0 Å². The zero-order valence-corrected chi connectivity index (χ0v) is 14.0. The van der Waals surface area contributed by atoms with Crippen molar-refractivity contribution < 1.29 is 31.1 Å². The van der Waals surface area contributed by atoms with Gasteiger partial charge < -0.3 is 9.47 Å². The molecular weight excluding hydrogens is 359 g/mol. The first kappa shape index (κ1) is 19.1. The predicted octanol–water partition coefficient (Wildman–Crippen LogP) is 3.11. The van der Waals surface area contributed by atoms with Crippen molar-refractivity contribution in [1.82, 2.24) is 4.72 Å². The van der Waals surface area contributed by atoms with Crippen molar-refractivity contribution in [2.24, 2.45) is 0 Å². The van der Waals surface area contributed by atoms with Crippen molar-refractivity contribution in [1.29, 1.82) is 0 Å². The number of nitrogens with one attached hydrogen (secondary N) is 1. The number of sulfonamides is 1. The number of alkyl halides is 3. The van der Waals surface area contributed by atoms with E-state index in [1.807, 2.05) is 12.1 Å². The number of para-hydroxylation sites is 1. The van der Waals surface area contributed by atoms with Crippen LogP contribution in [0.3, 0.4) is 0 Å². The molecule has 0 amide bonds. The fraction of sp³-hybridized carbons (Fsp3) is 0.250. The summed E-state index contributed by atoms with van der Waals surface area (Å²) in [5, 5.41) is 0. The normalized spacial score (nSPS) is 12.0. The minimum Gasteiger partial charge on any atom is -0.496 e. The third-order valence-electron chi connectivity index (χ3n) is 3.25. The minimum absolute atomic E-state index is 0.115. The van der Waals surface area contributed by atoms with Crippen LogP contribution in [-0.4, -0.2) is 28.4 Å². The SMILES string of the molecule is COc1ccccc1CCNS(=O)(=O)c1ccc(OC(F)(F)F)cc1. The van der Waals surface area contributed by atoms with E-state index >= 15 is 0 Å². The molecule has 0 bridgehead atoms. The number of hydrogen-bond donors (Lipinski definition) is 1. The molecule has 0 heterocycles. The molecule has 0 saturated heterocycles. The van der Waals surface area contributed by atoms with Crippen LogP contribution in [0.15, 0.2) is 53.4 Å². The van der Waals surface area contributed by atoms with Crippen molar-refractivity contribution in [3.63, 3.8) is 0 Å². The lowest BCUT2D eigenvalue weighted by molar-refractivity contribution is -0.274. The van der Waals surface area contributed by atoms with Gasteiger partial charge in [0.25, 0.3) is 0 Å². The highest BCUT2D eigenvalue weighted by atomic mass is 32.2. The van der Waals surface area contributed by atoms with Gasteiger partial charge in [-0.05, 0) is 42.3 Å². The van der Waals surface area contributed by atoms with Crippen LogP contribution in [0.5, 0.6) is 11.5 Å². The quantitative estimate of drug-likeness (QED) is 0.808. The molecule has 0 radical (unpaired) electrons. The lowest BCUT2D eigenvalue weighted by atomic mass is 10.1. The van der Waals surface area contributed by atoms with E-state index in [0.29, 0.717) is 12.2 Å². The summed E-state index contributed by atoms with van der Waals surface area (Å²) in [6.45, 7) is 0.115. The number of rotatable bonds is 7. The Labute approximate surface area is 143 Å². The molecule has 0 spiro atoms. The van der Waals surface area contributed by atoms with Crippen LogP contribution in [0.1, 0.15) is 5.56 Å². The monoisotopic (exact) mass is 375 g/mol. The van der Waals surface area contributed by atoms with Crippen molar-refractivity contribution in [3.8, 4) is 11.5 Å². The molecule has 9 heteroatoms. The van der Waals surface area contributed by atoms with Gasteiger partial charge in [0.15, 0.2) is 0 Å². The Morgan fingerprint density at radius 1 is 1.04 bits per heavy atom. The van der Waals surface area contributed by atoms with Crippen LogP contribution < -0.4 is 14.2 Å². The smallest absolute Gasteiger partial charge is 0.496 e. The van der Waals surface area contributed by atoms with Gasteiger partial charge in [-0.3, -0.25) is 0 Å². The fourth-order valence-electron chi connectivity index (χ4n) is 2.13. The Bertz CT molecular complexity index is 805. The van der Waals surface area contributed by atoms with E-state index in [0.717, 1.165) is 29.8 Å². The maximum absolute atomic E-state index is 12.2. The molecule has 0 atom stereocenters. The molecule has 0 aliphatic heterocycles. The van der Waals surface area contributed by atoms with E-state index in [1.54, 1.807) is 12.1 Å². The van der Waals surface area contributed by atoms with E-state index in [4.69, 9.17) is 4.74 Å². The Balaban J connectivity index is 1.99. The maximum Gasteiger partial charge on any atom is 0.573 e. The third kappa shape index (κ3) is 5.64. The topological polar surface area (TPSA) is 64.6 Å². The van der Waals surface area contributed by atoms with Gasteiger partial charge in [0.1, 0.15) is 11.5 Å².